The highest BCUT2D eigenvalue weighted by Crippen LogP contribution is 2.33. The first-order valence-electron chi connectivity index (χ1n) is 5.49. The lowest BCUT2D eigenvalue weighted by Gasteiger charge is -2.07. The van der Waals surface area contributed by atoms with Gasteiger partial charge in [-0.05, 0) is 0 Å². The van der Waals surface area contributed by atoms with E-state index in [0.29, 0.717) is 18.0 Å². The third-order valence-corrected chi connectivity index (χ3v) is 3.80. The van der Waals surface area contributed by atoms with Crippen LogP contribution >= 0.6 is 11.3 Å². The van der Waals surface area contributed by atoms with Gasteiger partial charge in [0.25, 0.3) is 0 Å². The summed E-state index contributed by atoms with van der Waals surface area (Å²) in [7, 11) is 3.24. The Morgan fingerprint density at radius 2 is 2.00 bits per heavy atom. The average Bonchev–Trinajstić information content (AvgIpc) is 2.94. The Bertz CT molecular complexity index is 717. The van der Waals surface area contributed by atoms with Crippen molar-refractivity contribution in [1.82, 2.24) is 9.38 Å². The zero-order valence-electron chi connectivity index (χ0n) is 10.1. The van der Waals surface area contributed by atoms with Crippen LogP contribution in [-0.2, 0) is 6.54 Å². The highest BCUT2D eigenvalue weighted by atomic mass is 32.1. The highest BCUT2D eigenvalue weighted by Gasteiger charge is 2.14. The van der Waals surface area contributed by atoms with Gasteiger partial charge in [0.05, 0.1) is 25.3 Å². The predicted molar refractivity (Wildman–Crippen MR) is 71.6 cm³/mol. The summed E-state index contributed by atoms with van der Waals surface area (Å²) in [5.41, 5.74) is 8.66. The topological polar surface area (TPSA) is 61.8 Å². The van der Waals surface area contributed by atoms with Gasteiger partial charge in [-0.25, -0.2) is 4.98 Å². The first-order valence-corrected chi connectivity index (χ1v) is 6.37. The molecule has 18 heavy (non-hydrogen) atoms. The molecule has 0 bridgehead atoms. The molecule has 94 valence electrons. The first kappa shape index (κ1) is 11.3. The number of benzene rings is 1. The van der Waals surface area contributed by atoms with Crippen LogP contribution in [0.5, 0.6) is 11.5 Å². The number of hydrogen-bond donors (Lipinski definition) is 1. The van der Waals surface area contributed by atoms with Crippen LogP contribution in [0.2, 0.25) is 0 Å². The fourth-order valence-electron chi connectivity index (χ4n) is 2.05. The lowest BCUT2D eigenvalue weighted by atomic mass is 10.2. The Kier molecular flexibility index (Phi) is 2.61. The molecule has 0 fully saturated rings. The second kappa shape index (κ2) is 4.15. The molecule has 0 aliphatic heterocycles. The second-order valence-electron chi connectivity index (χ2n) is 3.86. The molecule has 0 spiro atoms. The van der Waals surface area contributed by atoms with Gasteiger partial charge in [0.2, 0.25) is 0 Å². The minimum absolute atomic E-state index is 0.486. The zero-order valence-corrected chi connectivity index (χ0v) is 11.0. The number of rotatable bonds is 3. The Morgan fingerprint density at radius 1 is 1.28 bits per heavy atom. The number of aromatic nitrogens is 2. The minimum atomic E-state index is 0.486. The summed E-state index contributed by atoms with van der Waals surface area (Å²) in [6, 6.07) is 3.81. The van der Waals surface area contributed by atoms with Crippen LogP contribution in [-0.4, -0.2) is 23.6 Å². The van der Waals surface area contributed by atoms with Crippen molar-refractivity contribution in [2.45, 2.75) is 6.54 Å². The van der Waals surface area contributed by atoms with Crippen LogP contribution in [0.3, 0.4) is 0 Å². The molecule has 0 aliphatic carbocycles. The van der Waals surface area contributed by atoms with Crippen molar-refractivity contribution < 1.29 is 9.47 Å². The number of ether oxygens (including phenoxy) is 2. The van der Waals surface area contributed by atoms with E-state index in [1.165, 1.54) is 0 Å². The summed E-state index contributed by atoms with van der Waals surface area (Å²) in [6.45, 7) is 0.486. The number of methoxy groups -OCH3 is 2. The van der Waals surface area contributed by atoms with E-state index >= 15 is 0 Å². The largest absolute Gasteiger partial charge is 0.493 e. The predicted octanol–water partition coefficient (Wildman–Crippen LogP) is 2.02. The van der Waals surface area contributed by atoms with Crippen molar-refractivity contribution in [2.24, 2.45) is 5.73 Å². The minimum Gasteiger partial charge on any atom is -0.493 e. The second-order valence-corrected chi connectivity index (χ2v) is 4.69. The molecular formula is C12H13N3O2S. The molecule has 1 aromatic carbocycles. The normalized spacial score (nSPS) is 11.3. The van der Waals surface area contributed by atoms with E-state index in [2.05, 4.69) is 9.38 Å². The fraction of sp³-hybridized carbons (Fsp3) is 0.250. The van der Waals surface area contributed by atoms with Crippen molar-refractivity contribution in [3.63, 3.8) is 0 Å². The van der Waals surface area contributed by atoms with Gasteiger partial charge in [-0.1, -0.05) is 0 Å². The standard InChI is InChI=1S/C12H13N3O2S/c1-16-10-3-8-9(4-11(10)17-2)15-7(5-13)6-18-12(15)14-8/h3-4,6H,5,13H2,1-2H3. The van der Waals surface area contributed by atoms with Gasteiger partial charge in [0.15, 0.2) is 16.5 Å². The lowest BCUT2D eigenvalue weighted by molar-refractivity contribution is 0.355. The van der Waals surface area contributed by atoms with Crippen molar-refractivity contribution in [3.05, 3.63) is 23.2 Å². The maximum Gasteiger partial charge on any atom is 0.194 e. The molecule has 0 amide bonds. The Morgan fingerprint density at radius 3 is 2.67 bits per heavy atom. The summed E-state index contributed by atoms with van der Waals surface area (Å²) in [6.07, 6.45) is 0. The molecule has 0 unspecified atom stereocenters. The van der Waals surface area contributed by atoms with E-state index in [9.17, 15) is 0 Å². The van der Waals surface area contributed by atoms with Gasteiger partial charge in [-0.2, -0.15) is 0 Å². The lowest BCUT2D eigenvalue weighted by Crippen LogP contribution is -2.00. The molecule has 0 atom stereocenters. The molecule has 3 aromatic rings. The van der Waals surface area contributed by atoms with Crippen LogP contribution in [0.4, 0.5) is 0 Å². The van der Waals surface area contributed by atoms with Gasteiger partial charge in [0, 0.05) is 29.8 Å². The van der Waals surface area contributed by atoms with Crippen molar-refractivity contribution in [1.29, 1.82) is 0 Å². The van der Waals surface area contributed by atoms with Crippen LogP contribution in [0.15, 0.2) is 17.5 Å². The molecule has 0 radical (unpaired) electrons. The number of imidazole rings is 1. The fourth-order valence-corrected chi connectivity index (χ4v) is 2.97. The highest BCUT2D eigenvalue weighted by molar-refractivity contribution is 7.15. The molecule has 6 heteroatoms. The number of fused-ring (bicyclic) bond motifs is 3. The average molecular weight is 263 g/mol. The molecule has 2 aromatic heterocycles. The van der Waals surface area contributed by atoms with E-state index in [0.717, 1.165) is 21.7 Å². The van der Waals surface area contributed by atoms with E-state index < -0.39 is 0 Å². The molecule has 3 rings (SSSR count). The number of thiazole rings is 1. The number of hydrogen-bond acceptors (Lipinski definition) is 5. The molecule has 0 saturated carbocycles. The van der Waals surface area contributed by atoms with Gasteiger partial charge in [-0.3, -0.25) is 4.40 Å². The molecule has 5 nitrogen and oxygen atoms in total. The van der Waals surface area contributed by atoms with Gasteiger partial charge >= 0.3 is 0 Å². The van der Waals surface area contributed by atoms with E-state index in [1.54, 1.807) is 25.6 Å². The summed E-state index contributed by atoms with van der Waals surface area (Å²) in [5, 5.41) is 2.03. The quantitative estimate of drug-likeness (QED) is 0.785. The third-order valence-electron chi connectivity index (χ3n) is 2.93. The number of nitrogens with zero attached hydrogens (tertiary/aromatic N) is 2. The van der Waals surface area contributed by atoms with E-state index in [-0.39, 0.29) is 0 Å². The molecular weight excluding hydrogens is 250 g/mol. The van der Waals surface area contributed by atoms with Gasteiger partial charge in [-0.15, -0.1) is 11.3 Å². The molecule has 0 aliphatic rings. The van der Waals surface area contributed by atoms with Crippen molar-refractivity contribution in [3.8, 4) is 11.5 Å². The van der Waals surface area contributed by atoms with E-state index in [1.807, 2.05) is 17.5 Å². The summed E-state index contributed by atoms with van der Waals surface area (Å²) in [4.78, 5) is 5.49. The summed E-state index contributed by atoms with van der Waals surface area (Å²) in [5.74, 6) is 1.38. The van der Waals surface area contributed by atoms with Gasteiger partial charge in [0.1, 0.15) is 0 Å². The Hall–Kier alpha value is -1.79. The summed E-state index contributed by atoms with van der Waals surface area (Å²) < 4.78 is 12.7. The summed E-state index contributed by atoms with van der Waals surface area (Å²) >= 11 is 1.58. The molecule has 0 saturated heterocycles. The van der Waals surface area contributed by atoms with Gasteiger partial charge < -0.3 is 15.2 Å². The number of nitrogens with two attached hydrogens (primary N) is 1. The molecule has 2 N–H and O–H groups in total. The smallest absolute Gasteiger partial charge is 0.194 e. The molecule has 2 heterocycles. The van der Waals surface area contributed by atoms with E-state index in [4.69, 9.17) is 15.2 Å². The van der Waals surface area contributed by atoms with Crippen LogP contribution in [0.25, 0.3) is 16.0 Å². The first-order chi connectivity index (χ1) is 8.78. The Balaban J connectivity index is 2.39. The maximum absolute atomic E-state index is 5.74. The van der Waals surface area contributed by atoms with Crippen LogP contribution in [0, 0.1) is 0 Å². The van der Waals surface area contributed by atoms with Crippen molar-refractivity contribution in [2.75, 3.05) is 14.2 Å². The monoisotopic (exact) mass is 263 g/mol. The van der Waals surface area contributed by atoms with Crippen molar-refractivity contribution >= 4 is 27.3 Å². The SMILES string of the molecule is COc1cc2nc3scc(CN)n3c2cc1OC. The third kappa shape index (κ3) is 1.46. The maximum atomic E-state index is 5.74. The van der Waals surface area contributed by atoms with Crippen LogP contribution in [0.1, 0.15) is 5.69 Å². The zero-order chi connectivity index (χ0) is 12.7. The van der Waals surface area contributed by atoms with Crippen LogP contribution < -0.4 is 15.2 Å². The Labute approximate surface area is 108 Å².